The number of sulfonamides is 1. The van der Waals surface area contributed by atoms with Crippen molar-refractivity contribution >= 4 is 37.8 Å². The number of rotatable bonds is 5. The Kier molecular flexibility index (Phi) is 6.95. The highest BCUT2D eigenvalue weighted by atomic mass is 79.9. The third-order valence-electron chi connectivity index (χ3n) is 5.00. The summed E-state index contributed by atoms with van der Waals surface area (Å²) in [5.74, 6) is -0.535. The lowest BCUT2D eigenvalue weighted by Gasteiger charge is -2.35. The monoisotopic (exact) mass is 493 g/mol. The Bertz CT molecular complexity index is 1030. The highest BCUT2D eigenvalue weighted by molar-refractivity contribution is 9.10. The minimum absolute atomic E-state index is 0.211. The summed E-state index contributed by atoms with van der Waals surface area (Å²) in [6.07, 6.45) is 0. The van der Waals surface area contributed by atoms with E-state index >= 15 is 0 Å². The maximum Gasteiger partial charge on any atom is 0.251 e. The molecule has 0 spiro atoms. The lowest BCUT2D eigenvalue weighted by Crippen LogP contribution is -2.55. The van der Waals surface area contributed by atoms with E-state index < -0.39 is 16.1 Å². The van der Waals surface area contributed by atoms with Gasteiger partial charge in [-0.05, 0) is 50.2 Å². The van der Waals surface area contributed by atoms with Crippen LogP contribution in [-0.4, -0.2) is 61.7 Å². The zero-order valence-corrected chi connectivity index (χ0v) is 19.2. The van der Waals surface area contributed by atoms with Gasteiger partial charge in [-0.1, -0.05) is 33.6 Å². The van der Waals surface area contributed by atoms with Crippen LogP contribution in [0.15, 0.2) is 57.9 Å². The van der Waals surface area contributed by atoms with E-state index in [0.717, 1.165) is 10.0 Å². The standard InChI is InChI=1S/C21H24BrN3O4S/c1-15-4-3-5-17(14-15)20(26)23-16(2)21(27)24-10-12-25(13-11-24)30(28,29)19-8-6-18(22)7-9-19/h3-9,14,16H,10-13H2,1-2H3,(H,23,26). The number of nitrogens with one attached hydrogen (secondary N) is 1. The molecule has 0 bridgehead atoms. The van der Waals surface area contributed by atoms with Gasteiger partial charge in [-0.3, -0.25) is 9.59 Å². The van der Waals surface area contributed by atoms with E-state index in [0.29, 0.717) is 5.56 Å². The Labute approximate surface area is 185 Å². The van der Waals surface area contributed by atoms with E-state index in [4.69, 9.17) is 0 Å². The number of carbonyl (C=O) groups is 2. The number of amides is 2. The van der Waals surface area contributed by atoms with Gasteiger partial charge in [-0.15, -0.1) is 0 Å². The molecule has 3 rings (SSSR count). The maximum absolute atomic E-state index is 12.8. The predicted molar refractivity (Wildman–Crippen MR) is 118 cm³/mol. The molecule has 2 aromatic rings. The van der Waals surface area contributed by atoms with Gasteiger partial charge >= 0.3 is 0 Å². The maximum atomic E-state index is 12.8. The van der Waals surface area contributed by atoms with Crippen LogP contribution in [0.5, 0.6) is 0 Å². The third-order valence-corrected chi connectivity index (χ3v) is 7.44. The Hall–Kier alpha value is -2.23. The van der Waals surface area contributed by atoms with Gasteiger partial charge in [0.1, 0.15) is 6.04 Å². The number of piperazine rings is 1. The summed E-state index contributed by atoms with van der Waals surface area (Å²) < 4.78 is 27.8. The van der Waals surface area contributed by atoms with Crippen LogP contribution in [-0.2, 0) is 14.8 Å². The number of benzene rings is 2. The average molecular weight is 494 g/mol. The van der Waals surface area contributed by atoms with Gasteiger partial charge in [-0.25, -0.2) is 8.42 Å². The fourth-order valence-electron chi connectivity index (χ4n) is 3.31. The minimum Gasteiger partial charge on any atom is -0.341 e. The van der Waals surface area contributed by atoms with Gasteiger partial charge in [0, 0.05) is 36.2 Å². The second-order valence-electron chi connectivity index (χ2n) is 7.25. The number of hydrogen-bond acceptors (Lipinski definition) is 4. The first-order valence-electron chi connectivity index (χ1n) is 9.60. The van der Waals surface area contributed by atoms with Crippen LogP contribution in [0.25, 0.3) is 0 Å². The molecule has 0 aliphatic carbocycles. The van der Waals surface area contributed by atoms with Gasteiger partial charge in [0.05, 0.1) is 4.90 Å². The zero-order chi connectivity index (χ0) is 21.9. The molecule has 30 heavy (non-hydrogen) atoms. The van der Waals surface area contributed by atoms with E-state index in [2.05, 4.69) is 21.2 Å². The highest BCUT2D eigenvalue weighted by Crippen LogP contribution is 2.20. The molecule has 160 valence electrons. The molecule has 2 aromatic carbocycles. The van der Waals surface area contributed by atoms with Crippen LogP contribution in [0, 0.1) is 6.92 Å². The smallest absolute Gasteiger partial charge is 0.251 e. The molecular formula is C21H24BrN3O4S. The van der Waals surface area contributed by atoms with Crippen LogP contribution in [0.4, 0.5) is 0 Å². The molecule has 0 saturated carbocycles. The van der Waals surface area contributed by atoms with Crippen molar-refractivity contribution in [3.05, 3.63) is 64.1 Å². The summed E-state index contributed by atoms with van der Waals surface area (Å²) in [7, 11) is -3.60. The summed E-state index contributed by atoms with van der Waals surface area (Å²) in [6, 6.07) is 12.9. The number of halogens is 1. The van der Waals surface area contributed by atoms with E-state index in [1.807, 2.05) is 13.0 Å². The van der Waals surface area contributed by atoms with Crippen LogP contribution in [0.2, 0.25) is 0 Å². The molecule has 0 aromatic heterocycles. The van der Waals surface area contributed by atoms with Crippen LogP contribution in [0.3, 0.4) is 0 Å². The lowest BCUT2D eigenvalue weighted by atomic mass is 10.1. The summed E-state index contributed by atoms with van der Waals surface area (Å²) in [4.78, 5) is 26.9. The fourth-order valence-corrected chi connectivity index (χ4v) is 4.99. The SMILES string of the molecule is Cc1cccc(C(=O)NC(C)C(=O)N2CCN(S(=O)(=O)c3ccc(Br)cc3)CC2)c1. The topological polar surface area (TPSA) is 86.8 Å². The molecular weight excluding hydrogens is 470 g/mol. The predicted octanol–water partition coefficient (Wildman–Crippen LogP) is 2.41. The summed E-state index contributed by atoms with van der Waals surface area (Å²) in [5.41, 5.74) is 1.46. The Balaban J connectivity index is 1.58. The van der Waals surface area contributed by atoms with E-state index in [1.54, 1.807) is 54.3 Å². The minimum atomic E-state index is -3.60. The van der Waals surface area contributed by atoms with Gasteiger partial charge in [0.15, 0.2) is 0 Å². The number of hydrogen-bond donors (Lipinski definition) is 1. The van der Waals surface area contributed by atoms with Crippen molar-refractivity contribution in [2.75, 3.05) is 26.2 Å². The Morgan fingerprint density at radius 3 is 2.27 bits per heavy atom. The first-order valence-corrected chi connectivity index (χ1v) is 11.8. The highest BCUT2D eigenvalue weighted by Gasteiger charge is 2.31. The van der Waals surface area contributed by atoms with Gasteiger partial charge in [0.25, 0.3) is 5.91 Å². The largest absolute Gasteiger partial charge is 0.341 e. The van der Waals surface area contributed by atoms with Gasteiger partial charge < -0.3 is 10.2 Å². The molecule has 9 heteroatoms. The molecule has 1 atom stereocenters. The molecule has 2 amide bonds. The first kappa shape index (κ1) is 22.5. The Morgan fingerprint density at radius 2 is 1.67 bits per heavy atom. The van der Waals surface area contributed by atoms with Crippen molar-refractivity contribution in [2.45, 2.75) is 24.8 Å². The average Bonchev–Trinajstić information content (AvgIpc) is 2.73. The molecule has 1 heterocycles. The second-order valence-corrected chi connectivity index (χ2v) is 10.1. The Morgan fingerprint density at radius 1 is 1.03 bits per heavy atom. The number of nitrogens with zero attached hydrogens (tertiary/aromatic N) is 2. The normalized spacial score (nSPS) is 16.2. The van der Waals surface area contributed by atoms with Crippen molar-refractivity contribution in [1.82, 2.24) is 14.5 Å². The van der Waals surface area contributed by atoms with Crippen molar-refractivity contribution < 1.29 is 18.0 Å². The molecule has 1 N–H and O–H groups in total. The molecule has 7 nitrogen and oxygen atoms in total. The van der Waals surface area contributed by atoms with Crippen LogP contribution in [0.1, 0.15) is 22.8 Å². The van der Waals surface area contributed by atoms with Crippen molar-refractivity contribution in [2.24, 2.45) is 0 Å². The van der Waals surface area contributed by atoms with E-state index in [-0.39, 0.29) is 42.9 Å². The van der Waals surface area contributed by atoms with Crippen LogP contribution >= 0.6 is 15.9 Å². The van der Waals surface area contributed by atoms with Crippen LogP contribution < -0.4 is 5.32 Å². The van der Waals surface area contributed by atoms with Gasteiger partial charge in [-0.2, -0.15) is 4.31 Å². The van der Waals surface area contributed by atoms with Crippen molar-refractivity contribution in [3.8, 4) is 0 Å². The third kappa shape index (κ3) is 5.08. The van der Waals surface area contributed by atoms with E-state index in [1.165, 1.54) is 4.31 Å². The summed E-state index contributed by atoms with van der Waals surface area (Å²) in [6.45, 7) is 4.51. The molecule has 1 fully saturated rings. The number of aryl methyl sites for hydroxylation is 1. The van der Waals surface area contributed by atoms with Crippen molar-refractivity contribution in [1.29, 1.82) is 0 Å². The lowest BCUT2D eigenvalue weighted by molar-refractivity contribution is -0.134. The molecule has 1 unspecified atom stereocenters. The fraction of sp³-hybridized carbons (Fsp3) is 0.333. The first-order chi connectivity index (χ1) is 14.2. The molecule has 1 aliphatic heterocycles. The van der Waals surface area contributed by atoms with Crippen molar-refractivity contribution in [3.63, 3.8) is 0 Å². The molecule has 1 aliphatic rings. The summed E-state index contributed by atoms with van der Waals surface area (Å²) >= 11 is 3.30. The van der Waals surface area contributed by atoms with Gasteiger partial charge in [0.2, 0.25) is 15.9 Å². The second kappa shape index (κ2) is 9.28. The molecule has 0 radical (unpaired) electrons. The summed E-state index contributed by atoms with van der Waals surface area (Å²) in [5, 5.41) is 2.73. The zero-order valence-electron chi connectivity index (χ0n) is 16.8. The quantitative estimate of drug-likeness (QED) is 0.692. The number of carbonyl (C=O) groups excluding carboxylic acids is 2. The van der Waals surface area contributed by atoms with E-state index in [9.17, 15) is 18.0 Å². The molecule has 1 saturated heterocycles.